The van der Waals surface area contributed by atoms with Gasteiger partial charge in [0.15, 0.2) is 0 Å². The minimum Gasteiger partial charge on any atom is -0.0654 e. The van der Waals surface area contributed by atoms with Crippen LogP contribution in [0.5, 0.6) is 0 Å². The largest absolute Gasteiger partial charge is 0.0654 e. The summed E-state index contributed by atoms with van der Waals surface area (Å²) in [5.74, 6) is 0. The lowest BCUT2D eigenvalue weighted by molar-refractivity contribution is 0.667. The lowest BCUT2D eigenvalue weighted by atomic mass is 9.96. The fourth-order valence-corrected chi connectivity index (χ4v) is 10.3. The fourth-order valence-electron chi connectivity index (χ4n) is 10.3. The Labute approximate surface area is 389 Å². The molecule has 0 saturated heterocycles. The smallest absolute Gasteiger partial charge is 0.0171 e. The van der Waals surface area contributed by atoms with Crippen LogP contribution in [-0.4, -0.2) is 0 Å². The molecule has 11 rings (SSSR count). The molecule has 0 atom stereocenters. The predicted molar refractivity (Wildman–Crippen MR) is 293 cm³/mol. The van der Waals surface area contributed by atoms with E-state index in [1.54, 1.807) is 0 Å². The number of hydrogen-bond donors (Lipinski definition) is 0. The molecular formula is C66H58. The number of benzene rings is 11. The Morgan fingerprint density at radius 3 is 0.758 bits per heavy atom. The molecule has 0 bridgehead atoms. The first kappa shape index (κ1) is 41.7. The Morgan fingerprint density at radius 1 is 0.227 bits per heavy atom. The van der Waals surface area contributed by atoms with Crippen molar-refractivity contribution in [2.75, 3.05) is 0 Å². The van der Waals surface area contributed by atoms with Crippen molar-refractivity contribution in [2.45, 2.75) is 78.1 Å². The highest BCUT2D eigenvalue weighted by molar-refractivity contribution is 6.07. The third kappa shape index (κ3) is 8.98. The van der Waals surface area contributed by atoms with Crippen LogP contribution in [0.1, 0.15) is 98.6 Å². The van der Waals surface area contributed by atoms with E-state index in [2.05, 4.69) is 208 Å². The molecule has 0 spiro atoms. The Bertz CT molecular complexity index is 3430. The van der Waals surface area contributed by atoms with Crippen molar-refractivity contribution in [2.24, 2.45) is 0 Å². The van der Waals surface area contributed by atoms with Gasteiger partial charge in [0.1, 0.15) is 0 Å². The van der Waals surface area contributed by atoms with E-state index in [1.807, 2.05) is 0 Å². The first-order valence-corrected chi connectivity index (χ1v) is 24.6. The SMILES string of the molecule is CCCCCCc1ccc2cc3cc4cc(C=Cc5ccc6cc7cc(C=Cc8ccc9cc%10cc%11cc(CCCCCC)ccc%11cc%10cc9c8)ccc7cc6c5)ccc4cc3cc2c1. The highest BCUT2D eigenvalue weighted by Crippen LogP contribution is 2.32. The van der Waals surface area contributed by atoms with Crippen molar-refractivity contribution in [3.8, 4) is 0 Å². The van der Waals surface area contributed by atoms with Crippen LogP contribution in [0.2, 0.25) is 0 Å². The molecule has 0 radical (unpaired) electrons. The summed E-state index contributed by atoms with van der Waals surface area (Å²) < 4.78 is 0. The summed E-state index contributed by atoms with van der Waals surface area (Å²) in [5.41, 5.74) is 7.74. The van der Waals surface area contributed by atoms with Crippen LogP contribution in [0.4, 0.5) is 0 Å². The Morgan fingerprint density at radius 2 is 0.470 bits per heavy atom. The van der Waals surface area contributed by atoms with Crippen molar-refractivity contribution < 1.29 is 0 Å². The van der Waals surface area contributed by atoms with Gasteiger partial charge in [-0.15, -0.1) is 0 Å². The molecule has 0 aliphatic heterocycles. The molecule has 0 saturated carbocycles. The monoisotopic (exact) mass is 850 g/mol. The van der Waals surface area contributed by atoms with E-state index in [0.29, 0.717) is 0 Å². The van der Waals surface area contributed by atoms with Gasteiger partial charge in [0.05, 0.1) is 0 Å². The maximum atomic E-state index is 2.40. The average Bonchev–Trinajstić information content (AvgIpc) is 3.34. The quantitative estimate of drug-likeness (QED) is 0.0581. The maximum Gasteiger partial charge on any atom is -0.0171 e. The number of rotatable bonds is 14. The van der Waals surface area contributed by atoms with Gasteiger partial charge in [-0.3, -0.25) is 0 Å². The van der Waals surface area contributed by atoms with E-state index in [4.69, 9.17) is 0 Å². The summed E-state index contributed by atoms with van der Waals surface area (Å²) in [6, 6.07) is 65.0. The molecule has 0 unspecified atom stereocenters. The molecule has 0 aliphatic rings. The van der Waals surface area contributed by atoms with Gasteiger partial charge in [-0.2, -0.15) is 0 Å². The van der Waals surface area contributed by atoms with Crippen LogP contribution in [-0.2, 0) is 12.8 Å². The van der Waals surface area contributed by atoms with E-state index in [9.17, 15) is 0 Å². The predicted octanol–water partition coefficient (Wildman–Crippen LogP) is 19.5. The van der Waals surface area contributed by atoms with Gasteiger partial charge in [0.25, 0.3) is 0 Å². The third-order valence-corrected chi connectivity index (χ3v) is 14.1. The minimum absolute atomic E-state index is 1.17. The number of fused-ring (bicyclic) bond motifs is 8. The van der Waals surface area contributed by atoms with Crippen molar-refractivity contribution in [1.29, 1.82) is 0 Å². The molecule has 0 nitrogen and oxygen atoms in total. The zero-order valence-corrected chi connectivity index (χ0v) is 38.5. The Hall–Kier alpha value is -7.02. The second kappa shape index (κ2) is 18.5. The van der Waals surface area contributed by atoms with Gasteiger partial charge >= 0.3 is 0 Å². The van der Waals surface area contributed by atoms with E-state index >= 15 is 0 Å². The molecule has 322 valence electrons. The minimum atomic E-state index is 1.17. The van der Waals surface area contributed by atoms with Crippen LogP contribution < -0.4 is 0 Å². The van der Waals surface area contributed by atoms with Crippen molar-refractivity contribution >= 4 is 110 Å². The standard InChI is InChI=1S/C66H58/c1-3-5-7-9-11-45-17-23-53-37-65-43-61-33-49(21-27-55(61)39-63(65)41-59(53)29-45)15-13-47-19-25-51-36-58-32-48(20-26-52(58)35-57(51)31-47)14-16-50-22-28-56-40-64-42-60-30-46(12-10-8-6-4-2)18-24-54(60)38-66(64)44-62(56)34-50/h13-44H,3-12H2,1-2H3. The Balaban J connectivity index is 0.783. The molecule has 66 heavy (non-hydrogen) atoms. The lowest BCUT2D eigenvalue weighted by Crippen LogP contribution is -1.87. The van der Waals surface area contributed by atoms with Crippen molar-refractivity contribution in [1.82, 2.24) is 0 Å². The number of unbranched alkanes of at least 4 members (excludes halogenated alkanes) is 6. The summed E-state index contributed by atoms with van der Waals surface area (Å²) in [6.07, 6.45) is 21.7. The number of hydrogen-bond acceptors (Lipinski definition) is 0. The summed E-state index contributed by atoms with van der Waals surface area (Å²) in [4.78, 5) is 0. The third-order valence-electron chi connectivity index (χ3n) is 14.1. The van der Waals surface area contributed by atoms with Crippen LogP contribution in [0.25, 0.3) is 110 Å². The van der Waals surface area contributed by atoms with Gasteiger partial charge in [0, 0.05) is 0 Å². The van der Waals surface area contributed by atoms with E-state index in [1.165, 1.54) is 184 Å². The summed E-state index contributed by atoms with van der Waals surface area (Å²) >= 11 is 0. The summed E-state index contributed by atoms with van der Waals surface area (Å²) in [5, 5.41) is 20.7. The number of aryl methyl sites for hydroxylation is 2. The van der Waals surface area contributed by atoms with Gasteiger partial charge in [-0.25, -0.2) is 0 Å². The van der Waals surface area contributed by atoms with Gasteiger partial charge < -0.3 is 0 Å². The van der Waals surface area contributed by atoms with Gasteiger partial charge in [-0.05, 0) is 230 Å². The molecule has 0 heteroatoms. The van der Waals surface area contributed by atoms with Gasteiger partial charge in [0.2, 0.25) is 0 Å². The van der Waals surface area contributed by atoms with Crippen molar-refractivity contribution in [3.05, 3.63) is 203 Å². The molecule has 11 aromatic rings. The van der Waals surface area contributed by atoms with Crippen LogP contribution in [0.15, 0.2) is 170 Å². The molecule has 0 heterocycles. The molecule has 0 fully saturated rings. The molecule has 0 aromatic heterocycles. The highest BCUT2D eigenvalue weighted by atomic mass is 14.1. The molecule has 0 N–H and O–H groups in total. The molecular weight excluding hydrogens is 793 g/mol. The van der Waals surface area contributed by atoms with Crippen LogP contribution >= 0.6 is 0 Å². The van der Waals surface area contributed by atoms with Gasteiger partial charge in [-0.1, -0.05) is 162 Å². The molecule has 0 aliphatic carbocycles. The average molecular weight is 851 g/mol. The zero-order chi connectivity index (χ0) is 44.4. The first-order chi connectivity index (χ1) is 32.5. The molecule has 0 amide bonds. The first-order valence-electron chi connectivity index (χ1n) is 24.6. The highest BCUT2D eigenvalue weighted by Gasteiger charge is 2.07. The second-order valence-corrected chi connectivity index (χ2v) is 19.0. The van der Waals surface area contributed by atoms with Crippen LogP contribution in [0.3, 0.4) is 0 Å². The van der Waals surface area contributed by atoms with Crippen LogP contribution in [0, 0.1) is 0 Å². The summed E-state index contributed by atoms with van der Waals surface area (Å²) in [6.45, 7) is 4.56. The molecule has 11 aromatic carbocycles. The van der Waals surface area contributed by atoms with E-state index in [-0.39, 0.29) is 0 Å². The Kier molecular flexibility index (Phi) is 11.7. The second-order valence-electron chi connectivity index (χ2n) is 19.0. The zero-order valence-electron chi connectivity index (χ0n) is 38.5. The van der Waals surface area contributed by atoms with Crippen molar-refractivity contribution in [3.63, 3.8) is 0 Å². The lowest BCUT2D eigenvalue weighted by Gasteiger charge is -2.08. The maximum absolute atomic E-state index is 2.40. The summed E-state index contributed by atoms with van der Waals surface area (Å²) in [7, 11) is 0. The normalized spacial score (nSPS) is 12.3. The van der Waals surface area contributed by atoms with E-state index in [0.717, 1.165) is 0 Å². The topological polar surface area (TPSA) is 0 Å². The van der Waals surface area contributed by atoms with E-state index < -0.39 is 0 Å². The fraction of sp³-hybridized carbons (Fsp3) is 0.182.